The summed E-state index contributed by atoms with van der Waals surface area (Å²) in [5.41, 5.74) is 8.59. The maximum atomic E-state index is 12.0. The highest BCUT2D eigenvalue weighted by Gasteiger charge is 2.30. The van der Waals surface area contributed by atoms with Crippen LogP contribution in [0.15, 0.2) is 59.8 Å². The molecule has 0 saturated carbocycles. The van der Waals surface area contributed by atoms with Crippen LogP contribution in [0, 0.1) is 0 Å². The van der Waals surface area contributed by atoms with Crippen molar-refractivity contribution < 1.29 is 14.3 Å². The topological polar surface area (TPSA) is 72.6 Å². The molecule has 0 unspecified atom stereocenters. The first-order valence-electron chi connectivity index (χ1n) is 7.01. The predicted molar refractivity (Wildman–Crippen MR) is 82.9 cm³/mol. The minimum atomic E-state index is -0.566. The molecule has 5 nitrogen and oxygen atoms in total. The van der Waals surface area contributed by atoms with Crippen molar-refractivity contribution in [3.05, 3.63) is 65.4 Å². The van der Waals surface area contributed by atoms with Crippen LogP contribution in [-0.2, 0) is 9.53 Å². The van der Waals surface area contributed by atoms with Crippen molar-refractivity contribution in [1.29, 1.82) is 0 Å². The van der Waals surface area contributed by atoms with Gasteiger partial charge in [-0.2, -0.15) is 0 Å². The Balaban J connectivity index is 2.22. The molecule has 0 aromatic heterocycles. The second-order valence-corrected chi connectivity index (χ2v) is 5.14. The Morgan fingerprint density at radius 2 is 2.09 bits per heavy atom. The maximum Gasteiger partial charge on any atom is 0.323 e. The van der Waals surface area contributed by atoms with Gasteiger partial charge in [0.15, 0.2) is 0 Å². The Bertz CT molecular complexity index is 731. The number of amides is 2. The molecule has 5 heteroatoms. The number of nitrogens with zero attached hydrogens (tertiary/aromatic N) is 1. The smallest absolute Gasteiger partial charge is 0.323 e. The summed E-state index contributed by atoms with van der Waals surface area (Å²) >= 11 is 0. The summed E-state index contributed by atoms with van der Waals surface area (Å²) in [4.78, 5) is 24.9. The maximum absolute atomic E-state index is 12.0. The van der Waals surface area contributed by atoms with Crippen LogP contribution in [0.25, 0.3) is 0 Å². The summed E-state index contributed by atoms with van der Waals surface area (Å²) < 4.78 is 5.43. The lowest BCUT2D eigenvalue weighted by Crippen LogP contribution is -2.36. The highest BCUT2D eigenvalue weighted by Crippen LogP contribution is 2.39. The summed E-state index contributed by atoms with van der Waals surface area (Å²) in [6, 6.07) is 6.73. The Morgan fingerprint density at radius 1 is 1.32 bits per heavy atom. The molecule has 0 radical (unpaired) electrons. The summed E-state index contributed by atoms with van der Waals surface area (Å²) in [6.45, 7) is 1.37. The number of esters is 1. The number of anilines is 1. The van der Waals surface area contributed by atoms with E-state index in [9.17, 15) is 9.59 Å². The molecule has 22 heavy (non-hydrogen) atoms. The Kier molecular flexibility index (Phi) is 3.55. The minimum absolute atomic E-state index is 0.374. The lowest BCUT2D eigenvalue weighted by atomic mass is 10.0. The first-order chi connectivity index (χ1) is 10.6. The molecule has 0 fully saturated rings. The van der Waals surface area contributed by atoms with E-state index in [-0.39, 0.29) is 5.97 Å². The molecule has 2 aliphatic rings. The molecular weight excluding hydrogens is 280 g/mol. The zero-order valence-corrected chi connectivity index (χ0v) is 12.2. The van der Waals surface area contributed by atoms with Crippen molar-refractivity contribution in [3.63, 3.8) is 0 Å². The van der Waals surface area contributed by atoms with Gasteiger partial charge in [-0.3, -0.25) is 9.69 Å². The fraction of sp³-hybridized carbons (Fsp3) is 0.176. The second-order valence-electron chi connectivity index (χ2n) is 5.14. The number of benzene rings is 1. The van der Waals surface area contributed by atoms with Gasteiger partial charge in [0.2, 0.25) is 0 Å². The zero-order valence-electron chi connectivity index (χ0n) is 12.2. The summed E-state index contributed by atoms with van der Waals surface area (Å²) in [7, 11) is 0. The fourth-order valence-electron chi connectivity index (χ4n) is 2.79. The molecule has 1 aliphatic carbocycles. The quantitative estimate of drug-likeness (QED) is 0.810. The molecule has 1 atom stereocenters. The van der Waals surface area contributed by atoms with Crippen molar-refractivity contribution in [3.8, 4) is 0 Å². The van der Waals surface area contributed by atoms with E-state index < -0.39 is 12.1 Å². The van der Waals surface area contributed by atoms with E-state index in [0.29, 0.717) is 12.1 Å². The average Bonchev–Trinajstić information content (AvgIpc) is 2.61. The van der Waals surface area contributed by atoms with E-state index in [1.807, 2.05) is 42.5 Å². The van der Waals surface area contributed by atoms with Crippen molar-refractivity contribution in [2.75, 3.05) is 4.90 Å². The number of allylic oxidation sites excluding steroid dienone is 4. The highest BCUT2D eigenvalue weighted by molar-refractivity contribution is 5.97. The van der Waals surface area contributed by atoms with Crippen molar-refractivity contribution >= 4 is 17.7 Å². The lowest BCUT2D eigenvalue weighted by Gasteiger charge is -2.26. The summed E-state index contributed by atoms with van der Waals surface area (Å²) in [6.07, 6.45) is 7.70. The van der Waals surface area contributed by atoms with Crippen LogP contribution in [0.3, 0.4) is 0 Å². The van der Waals surface area contributed by atoms with Crippen LogP contribution in [0.1, 0.15) is 25.0 Å². The number of hydrogen-bond donors (Lipinski definition) is 1. The van der Waals surface area contributed by atoms with Crippen LogP contribution in [0.4, 0.5) is 10.5 Å². The van der Waals surface area contributed by atoms with Crippen LogP contribution < -0.4 is 10.6 Å². The average molecular weight is 296 g/mol. The van der Waals surface area contributed by atoms with Gasteiger partial charge < -0.3 is 10.5 Å². The van der Waals surface area contributed by atoms with Crippen LogP contribution >= 0.6 is 0 Å². The third-order valence-corrected chi connectivity index (χ3v) is 3.65. The SMILES string of the molecule is CC(=O)O[C@@H]1C=C2CC=CC=C2N(C(N)=O)c2ccccc21. The molecule has 3 rings (SSSR count). The van der Waals surface area contributed by atoms with E-state index in [1.54, 1.807) is 6.07 Å². The molecular formula is C17H16N2O3. The second kappa shape index (κ2) is 5.52. The Hall–Kier alpha value is -2.82. The molecule has 0 spiro atoms. The largest absolute Gasteiger partial charge is 0.453 e. The van der Waals surface area contributed by atoms with Crippen LogP contribution in [0.2, 0.25) is 0 Å². The molecule has 2 amide bonds. The number of rotatable bonds is 1. The van der Waals surface area contributed by atoms with Gasteiger partial charge in [0, 0.05) is 12.5 Å². The monoisotopic (exact) mass is 296 g/mol. The molecule has 112 valence electrons. The van der Waals surface area contributed by atoms with Gasteiger partial charge in [0.05, 0.1) is 11.4 Å². The van der Waals surface area contributed by atoms with Gasteiger partial charge >= 0.3 is 12.0 Å². The van der Waals surface area contributed by atoms with Gasteiger partial charge in [-0.25, -0.2) is 4.79 Å². The third-order valence-electron chi connectivity index (χ3n) is 3.65. The summed E-state index contributed by atoms with van der Waals surface area (Å²) in [5, 5.41) is 0. The Morgan fingerprint density at radius 3 is 2.82 bits per heavy atom. The number of para-hydroxylation sites is 1. The number of primary amides is 1. The van der Waals surface area contributed by atoms with E-state index in [1.165, 1.54) is 11.8 Å². The molecule has 1 heterocycles. The molecule has 0 bridgehead atoms. The van der Waals surface area contributed by atoms with E-state index in [0.717, 1.165) is 16.8 Å². The standard InChI is InChI=1S/C17H16N2O3/c1-11(20)22-16-10-12-6-2-4-8-14(12)19(17(18)21)15-9-5-3-7-13(15)16/h2-5,7-10,16H,6H2,1H3,(H2,18,21)/t16-/m1/s1. The lowest BCUT2D eigenvalue weighted by molar-refractivity contribution is -0.144. The van der Waals surface area contributed by atoms with E-state index in [2.05, 4.69) is 0 Å². The minimum Gasteiger partial charge on any atom is -0.453 e. The number of carbonyl (C=O) groups is 2. The number of carbonyl (C=O) groups excluding carboxylic acids is 2. The van der Waals surface area contributed by atoms with Gasteiger partial charge in [-0.05, 0) is 30.2 Å². The van der Waals surface area contributed by atoms with Crippen molar-refractivity contribution in [2.24, 2.45) is 5.73 Å². The third kappa shape index (κ3) is 2.41. The number of hydrogen-bond acceptors (Lipinski definition) is 3. The normalized spacial score (nSPS) is 19.3. The van der Waals surface area contributed by atoms with E-state index >= 15 is 0 Å². The highest BCUT2D eigenvalue weighted by atomic mass is 16.5. The molecule has 2 N–H and O–H groups in total. The number of ether oxygens (including phenoxy) is 1. The first-order valence-corrected chi connectivity index (χ1v) is 7.01. The molecule has 1 aromatic carbocycles. The zero-order chi connectivity index (χ0) is 15.7. The first kappa shape index (κ1) is 14.1. The van der Waals surface area contributed by atoms with Crippen molar-refractivity contribution in [1.82, 2.24) is 0 Å². The number of fused-ring (bicyclic) bond motifs is 2. The fourth-order valence-corrected chi connectivity index (χ4v) is 2.79. The molecule has 1 aliphatic heterocycles. The van der Waals surface area contributed by atoms with E-state index in [4.69, 9.17) is 10.5 Å². The van der Waals surface area contributed by atoms with Gasteiger partial charge in [-0.15, -0.1) is 0 Å². The number of nitrogens with two attached hydrogens (primary N) is 1. The Labute approximate surface area is 128 Å². The van der Waals surface area contributed by atoms with Crippen LogP contribution in [-0.4, -0.2) is 12.0 Å². The number of urea groups is 1. The molecule has 0 saturated heterocycles. The van der Waals surface area contributed by atoms with Gasteiger partial charge in [0.1, 0.15) is 6.10 Å². The van der Waals surface area contributed by atoms with Crippen molar-refractivity contribution in [2.45, 2.75) is 19.4 Å². The predicted octanol–water partition coefficient (Wildman–Crippen LogP) is 2.96. The summed E-state index contributed by atoms with van der Waals surface area (Å²) in [5.74, 6) is -0.374. The molecule has 1 aromatic rings. The van der Waals surface area contributed by atoms with Gasteiger partial charge in [-0.1, -0.05) is 30.4 Å². The van der Waals surface area contributed by atoms with Crippen LogP contribution in [0.5, 0.6) is 0 Å². The van der Waals surface area contributed by atoms with Gasteiger partial charge in [0.25, 0.3) is 0 Å².